The predicted molar refractivity (Wildman–Crippen MR) is 81.4 cm³/mol. The maximum Gasteiger partial charge on any atom is 0.276 e. The average molecular weight is 286 g/mol. The van der Waals surface area contributed by atoms with Crippen LogP contribution in [0.1, 0.15) is 40.4 Å². The van der Waals surface area contributed by atoms with Crippen LogP contribution in [0.15, 0.2) is 24.3 Å². The Morgan fingerprint density at radius 2 is 2.10 bits per heavy atom. The van der Waals surface area contributed by atoms with Crippen molar-refractivity contribution in [2.45, 2.75) is 20.3 Å². The summed E-state index contributed by atoms with van der Waals surface area (Å²) < 4.78 is 1.47. The maximum absolute atomic E-state index is 12.3. The fourth-order valence-corrected chi connectivity index (χ4v) is 2.13. The Balaban J connectivity index is 2.28. The van der Waals surface area contributed by atoms with Gasteiger partial charge in [-0.2, -0.15) is 5.10 Å². The van der Waals surface area contributed by atoms with E-state index < -0.39 is 0 Å². The minimum absolute atomic E-state index is 0.0561. The Labute approximate surface area is 122 Å². The molecule has 1 aromatic carbocycles. The Bertz CT molecular complexity index is 704. The van der Waals surface area contributed by atoms with Crippen molar-refractivity contribution in [2.75, 3.05) is 11.1 Å². The zero-order valence-corrected chi connectivity index (χ0v) is 12.3. The lowest BCUT2D eigenvalue weighted by molar-refractivity contribution is 0.100. The molecular formula is C15H18N4O2. The molecule has 0 spiro atoms. The van der Waals surface area contributed by atoms with E-state index in [4.69, 9.17) is 5.73 Å². The van der Waals surface area contributed by atoms with Crippen LogP contribution in [0.2, 0.25) is 0 Å². The number of nitrogens with one attached hydrogen (secondary N) is 1. The molecule has 0 fully saturated rings. The molecule has 0 atom stereocenters. The molecule has 2 aromatic rings. The molecule has 1 heterocycles. The highest BCUT2D eigenvalue weighted by Gasteiger charge is 2.19. The van der Waals surface area contributed by atoms with Crippen molar-refractivity contribution >= 4 is 23.1 Å². The van der Waals surface area contributed by atoms with Crippen molar-refractivity contribution in [1.82, 2.24) is 9.78 Å². The topological polar surface area (TPSA) is 90.0 Å². The number of nitrogen functional groups attached to an aromatic ring is 1. The highest BCUT2D eigenvalue weighted by atomic mass is 16.2. The van der Waals surface area contributed by atoms with Gasteiger partial charge < -0.3 is 11.1 Å². The number of aromatic nitrogens is 2. The van der Waals surface area contributed by atoms with Gasteiger partial charge in [-0.1, -0.05) is 19.1 Å². The lowest BCUT2D eigenvalue weighted by atomic mass is 10.1. The van der Waals surface area contributed by atoms with E-state index >= 15 is 0 Å². The summed E-state index contributed by atoms with van der Waals surface area (Å²) in [5, 5.41) is 6.95. The molecule has 0 unspecified atom stereocenters. The van der Waals surface area contributed by atoms with Gasteiger partial charge in [0.15, 0.2) is 5.78 Å². The number of ketones is 1. The van der Waals surface area contributed by atoms with E-state index in [1.54, 1.807) is 31.3 Å². The highest BCUT2D eigenvalue weighted by Crippen LogP contribution is 2.19. The molecule has 0 saturated heterocycles. The molecule has 21 heavy (non-hydrogen) atoms. The van der Waals surface area contributed by atoms with Crippen LogP contribution in [-0.2, 0) is 13.5 Å². The van der Waals surface area contributed by atoms with E-state index in [9.17, 15) is 9.59 Å². The number of anilines is 2. The second-order valence-corrected chi connectivity index (χ2v) is 4.78. The molecule has 0 aliphatic heterocycles. The van der Waals surface area contributed by atoms with E-state index in [-0.39, 0.29) is 11.7 Å². The number of nitrogens with two attached hydrogens (primary N) is 1. The van der Waals surface area contributed by atoms with Gasteiger partial charge in [0, 0.05) is 18.3 Å². The van der Waals surface area contributed by atoms with E-state index in [0.29, 0.717) is 34.7 Å². The monoisotopic (exact) mass is 286 g/mol. The van der Waals surface area contributed by atoms with Crippen LogP contribution in [0.5, 0.6) is 0 Å². The zero-order valence-electron chi connectivity index (χ0n) is 12.3. The van der Waals surface area contributed by atoms with E-state index in [1.807, 2.05) is 6.92 Å². The number of nitrogens with zero attached hydrogens (tertiary/aromatic N) is 2. The van der Waals surface area contributed by atoms with Crippen molar-refractivity contribution < 1.29 is 9.59 Å². The third kappa shape index (κ3) is 2.94. The van der Waals surface area contributed by atoms with Gasteiger partial charge in [-0.25, -0.2) is 0 Å². The van der Waals surface area contributed by atoms with Crippen LogP contribution >= 0.6 is 0 Å². The molecule has 0 saturated carbocycles. The van der Waals surface area contributed by atoms with Crippen LogP contribution in [0.25, 0.3) is 0 Å². The number of carbonyl (C=O) groups excluding carboxylic acids is 2. The minimum Gasteiger partial charge on any atom is -0.395 e. The molecule has 0 bridgehead atoms. The molecule has 6 heteroatoms. The first kappa shape index (κ1) is 14.8. The summed E-state index contributed by atoms with van der Waals surface area (Å²) in [6, 6.07) is 6.77. The molecular weight excluding hydrogens is 268 g/mol. The number of Topliss-reactive ketones (excluding diaryl/α,β-unsaturated/α-hetero) is 1. The van der Waals surface area contributed by atoms with Gasteiger partial charge in [-0.3, -0.25) is 14.3 Å². The molecule has 1 amide bonds. The molecule has 6 nitrogen and oxygen atoms in total. The minimum atomic E-state index is -0.345. The average Bonchev–Trinajstić information content (AvgIpc) is 2.73. The number of hydrogen-bond acceptors (Lipinski definition) is 4. The number of benzene rings is 1. The molecule has 0 aliphatic rings. The van der Waals surface area contributed by atoms with Gasteiger partial charge in [-0.05, 0) is 25.5 Å². The Morgan fingerprint density at radius 1 is 1.38 bits per heavy atom. The van der Waals surface area contributed by atoms with Crippen LogP contribution in [0.4, 0.5) is 11.4 Å². The molecule has 0 radical (unpaired) electrons. The number of amides is 1. The van der Waals surface area contributed by atoms with Gasteiger partial charge in [0.1, 0.15) is 5.69 Å². The first-order valence-electron chi connectivity index (χ1n) is 6.67. The summed E-state index contributed by atoms with van der Waals surface area (Å²) in [6.45, 7) is 3.41. The smallest absolute Gasteiger partial charge is 0.276 e. The van der Waals surface area contributed by atoms with Crippen molar-refractivity contribution in [3.63, 3.8) is 0 Å². The zero-order chi connectivity index (χ0) is 15.6. The normalized spacial score (nSPS) is 10.4. The summed E-state index contributed by atoms with van der Waals surface area (Å²) in [6.07, 6.45) is 0.659. The van der Waals surface area contributed by atoms with E-state index in [1.165, 1.54) is 11.6 Å². The molecule has 3 N–H and O–H groups in total. The summed E-state index contributed by atoms with van der Waals surface area (Å²) in [5.41, 5.74) is 8.44. The third-order valence-electron chi connectivity index (χ3n) is 3.24. The molecule has 110 valence electrons. The second-order valence-electron chi connectivity index (χ2n) is 4.78. The van der Waals surface area contributed by atoms with Gasteiger partial charge in [0.05, 0.1) is 11.4 Å². The quantitative estimate of drug-likeness (QED) is 0.841. The largest absolute Gasteiger partial charge is 0.395 e. The van der Waals surface area contributed by atoms with E-state index in [2.05, 4.69) is 10.4 Å². The standard InChI is InChI=1S/C15H18N4O2/c1-4-12-13(16)14(19(3)18-12)15(21)17-11-7-5-6-10(8-11)9(2)20/h5-8H,4,16H2,1-3H3,(H,17,21). The van der Waals surface area contributed by atoms with Crippen LogP contribution in [-0.4, -0.2) is 21.5 Å². The lowest BCUT2D eigenvalue weighted by Crippen LogP contribution is -2.17. The second kappa shape index (κ2) is 5.78. The van der Waals surface area contributed by atoms with Crippen molar-refractivity contribution in [2.24, 2.45) is 7.05 Å². The Morgan fingerprint density at radius 3 is 2.67 bits per heavy atom. The Kier molecular flexibility index (Phi) is 4.07. The SMILES string of the molecule is CCc1nn(C)c(C(=O)Nc2cccc(C(C)=O)c2)c1N. The Hall–Kier alpha value is -2.63. The van der Waals surface area contributed by atoms with Gasteiger partial charge in [-0.15, -0.1) is 0 Å². The van der Waals surface area contributed by atoms with Gasteiger partial charge in [0.25, 0.3) is 5.91 Å². The summed E-state index contributed by atoms with van der Waals surface area (Å²) in [5.74, 6) is -0.401. The van der Waals surface area contributed by atoms with Crippen LogP contribution < -0.4 is 11.1 Å². The highest BCUT2D eigenvalue weighted by molar-refractivity contribution is 6.07. The fraction of sp³-hybridized carbons (Fsp3) is 0.267. The van der Waals surface area contributed by atoms with Crippen molar-refractivity contribution in [1.29, 1.82) is 0 Å². The van der Waals surface area contributed by atoms with Crippen LogP contribution in [0, 0.1) is 0 Å². The number of rotatable bonds is 4. The summed E-state index contributed by atoms with van der Waals surface area (Å²) >= 11 is 0. The van der Waals surface area contributed by atoms with Crippen molar-refractivity contribution in [3.8, 4) is 0 Å². The fourth-order valence-electron chi connectivity index (χ4n) is 2.13. The predicted octanol–water partition coefficient (Wildman–Crippen LogP) is 2.02. The van der Waals surface area contributed by atoms with Crippen LogP contribution in [0.3, 0.4) is 0 Å². The first-order chi connectivity index (χ1) is 9.93. The molecule has 0 aliphatic carbocycles. The van der Waals surface area contributed by atoms with Crippen molar-refractivity contribution in [3.05, 3.63) is 41.2 Å². The maximum atomic E-state index is 12.3. The van der Waals surface area contributed by atoms with Gasteiger partial charge >= 0.3 is 0 Å². The third-order valence-corrected chi connectivity index (χ3v) is 3.24. The summed E-state index contributed by atoms with van der Waals surface area (Å²) in [7, 11) is 1.68. The first-order valence-corrected chi connectivity index (χ1v) is 6.67. The molecule has 2 rings (SSSR count). The molecule has 1 aromatic heterocycles. The number of carbonyl (C=O) groups is 2. The number of aryl methyl sites for hydroxylation is 2. The summed E-state index contributed by atoms with van der Waals surface area (Å²) in [4.78, 5) is 23.7. The van der Waals surface area contributed by atoms with Gasteiger partial charge in [0.2, 0.25) is 0 Å². The van der Waals surface area contributed by atoms with E-state index in [0.717, 1.165) is 0 Å². The number of hydrogen-bond donors (Lipinski definition) is 2. The lowest BCUT2D eigenvalue weighted by Gasteiger charge is -2.07.